The van der Waals surface area contributed by atoms with Gasteiger partial charge in [-0.15, -0.1) is 0 Å². The van der Waals surface area contributed by atoms with Crippen LogP contribution in [0.5, 0.6) is 0 Å². The van der Waals surface area contributed by atoms with Crippen LogP contribution in [0.4, 0.5) is 9.18 Å². The van der Waals surface area contributed by atoms with E-state index in [4.69, 9.17) is 0 Å². The number of piperazine rings is 1. The van der Waals surface area contributed by atoms with Crippen LogP contribution < -0.4 is 5.32 Å². The van der Waals surface area contributed by atoms with Crippen molar-refractivity contribution in [1.29, 1.82) is 0 Å². The number of halogens is 1. The van der Waals surface area contributed by atoms with Gasteiger partial charge in [-0.1, -0.05) is 42.0 Å². The molecule has 0 radical (unpaired) electrons. The molecule has 4 nitrogen and oxygen atoms in total. The number of hydrogen-bond acceptors (Lipinski definition) is 2. The number of hydrogen-bond donors (Lipinski definition) is 1. The van der Waals surface area contributed by atoms with Gasteiger partial charge in [0.1, 0.15) is 5.82 Å². The van der Waals surface area contributed by atoms with E-state index < -0.39 is 0 Å². The average Bonchev–Trinajstić information content (AvgIpc) is 2.66. The van der Waals surface area contributed by atoms with Gasteiger partial charge in [-0.25, -0.2) is 9.18 Å². The van der Waals surface area contributed by atoms with Gasteiger partial charge in [-0.05, 0) is 36.6 Å². The molecule has 1 saturated heterocycles. The molecule has 0 bridgehead atoms. The third kappa shape index (κ3) is 5.30. The lowest BCUT2D eigenvalue weighted by molar-refractivity contribution is 0.135. The second-order valence-corrected chi connectivity index (χ2v) is 6.86. The van der Waals surface area contributed by atoms with Crippen LogP contribution in [0.2, 0.25) is 0 Å². The number of nitrogens with one attached hydrogen (secondary N) is 1. The summed E-state index contributed by atoms with van der Waals surface area (Å²) in [6, 6.07) is 15.0. The van der Waals surface area contributed by atoms with E-state index in [2.05, 4.69) is 41.4 Å². The first-order valence-electron chi connectivity index (χ1n) is 9.15. The number of amides is 2. The minimum absolute atomic E-state index is 0.0119. The maximum absolute atomic E-state index is 12.9. The van der Waals surface area contributed by atoms with Gasteiger partial charge in [0.25, 0.3) is 0 Å². The zero-order valence-electron chi connectivity index (χ0n) is 15.2. The molecule has 0 aliphatic carbocycles. The van der Waals surface area contributed by atoms with Crippen molar-refractivity contribution in [3.05, 3.63) is 71.0 Å². The first-order chi connectivity index (χ1) is 12.6. The van der Waals surface area contributed by atoms with Gasteiger partial charge in [0.2, 0.25) is 0 Å². The van der Waals surface area contributed by atoms with E-state index in [1.54, 1.807) is 12.1 Å². The molecule has 0 atom stereocenters. The van der Waals surface area contributed by atoms with Crippen LogP contribution in [-0.2, 0) is 13.0 Å². The molecule has 0 spiro atoms. The number of carbonyl (C=O) groups is 1. The molecular formula is C21H26FN3O. The molecule has 1 fully saturated rings. The van der Waals surface area contributed by atoms with E-state index in [0.29, 0.717) is 13.0 Å². The molecule has 1 N–H and O–H groups in total. The number of benzene rings is 2. The van der Waals surface area contributed by atoms with Gasteiger partial charge in [-0.2, -0.15) is 0 Å². The number of carbonyl (C=O) groups excluding carboxylic acids is 1. The van der Waals surface area contributed by atoms with Crippen LogP contribution in [0.3, 0.4) is 0 Å². The van der Waals surface area contributed by atoms with Crippen LogP contribution in [0, 0.1) is 12.7 Å². The molecule has 2 aromatic rings. The summed E-state index contributed by atoms with van der Waals surface area (Å²) < 4.78 is 12.9. The molecule has 1 aliphatic heterocycles. The Morgan fingerprint density at radius 3 is 2.23 bits per heavy atom. The minimum Gasteiger partial charge on any atom is -0.338 e. The fourth-order valence-electron chi connectivity index (χ4n) is 3.14. The largest absolute Gasteiger partial charge is 0.338 e. The summed E-state index contributed by atoms with van der Waals surface area (Å²) >= 11 is 0. The van der Waals surface area contributed by atoms with Crippen molar-refractivity contribution >= 4 is 6.03 Å². The van der Waals surface area contributed by atoms with Gasteiger partial charge in [-0.3, -0.25) is 4.90 Å². The molecule has 5 heteroatoms. The zero-order chi connectivity index (χ0) is 18.4. The first kappa shape index (κ1) is 18.4. The van der Waals surface area contributed by atoms with E-state index in [1.807, 2.05) is 4.90 Å². The highest BCUT2D eigenvalue weighted by atomic mass is 19.1. The predicted molar refractivity (Wildman–Crippen MR) is 102 cm³/mol. The van der Waals surface area contributed by atoms with Crippen LogP contribution in [0.25, 0.3) is 0 Å². The van der Waals surface area contributed by atoms with Crippen molar-refractivity contribution in [3.63, 3.8) is 0 Å². The third-order valence-corrected chi connectivity index (χ3v) is 4.79. The molecule has 1 heterocycles. The maximum Gasteiger partial charge on any atom is 0.317 e. The topological polar surface area (TPSA) is 35.6 Å². The monoisotopic (exact) mass is 355 g/mol. The fraction of sp³-hybridized carbons (Fsp3) is 0.381. The summed E-state index contributed by atoms with van der Waals surface area (Å²) in [5, 5.41) is 2.96. The molecule has 3 rings (SSSR count). The van der Waals surface area contributed by atoms with Crippen LogP contribution in [0.1, 0.15) is 16.7 Å². The molecule has 1 aliphatic rings. The molecule has 0 aromatic heterocycles. The van der Waals surface area contributed by atoms with Crippen molar-refractivity contribution in [3.8, 4) is 0 Å². The third-order valence-electron chi connectivity index (χ3n) is 4.79. The SMILES string of the molecule is Cc1ccc(CN2CCN(C(=O)NCCc3ccc(F)cc3)CC2)cc1. The standard InChI is InChI=1S/C21H26FN3O/c1-17-2-4-19(5-3-17)16-24-12-14-25(15-13-24)21(26)23-11-10-18-6-8-20(22)9-7-18/h2-9H,10-16H2,1H3,(H,23,26). The predicted octanol–water partition coefficient (Wildman–Crippen LogP) is 3.20. The number of rotatable bonds is 5. The Kier molecular flexibility index (Phi) is 6.23. The fourth-order valence-corrected chi connectivity index (χ4v) is 3.14. The van der Waals surface area contributed by atoms with Crippen molar-refractivity contribution < 1.29 is 9.18 Å². The molecule has 138 valence electrons. The van der Waals surface area contributed by atoms with E-state index in [0.717, 1.165) is 38.3 Å². The molecule has 2 aromatic carbocycles. The molecular weight excluding hydrogens is 329 g/mol. The van der Waals surface area contributed by atoms with Gasteiger partial charge in [0.05, 0.1) is 0 Å². The Morgan fingerprint density at radius 2 is 1.58 bits per heavy atom. The second kappa shape index (κ2) is 8.81. The molecule has 0 saturated carbocycles. The Morgan fingerprint density at radius 1 is 0.962 bits per heavy atom. The van der Waals surface area contributed by atoms with Gasteiger partial charge < -0.3 is 10.2 Å². The quantitative estimate of drug-likeness (QED) is 0.894. The highest BCUT2D eigenvalue weighted by Gasteiger charge is 2.20. The second-order valence-electron chi connectivity index (χ2n) is 6.86. The van der Waals surface area contributed by atoms with E-state index in [9.17, 15) is 9.18 Å². The van der Waals surface area contributed by atoms with Gasteiger partial charge in [0.15, 0.2) is 0 Å². The number of urea groups is 1. The highest BCUT2D eigenvalue weighted by molar-refractivity contribution is 5.74. The number of aryl methyl sites for hydroxylation is 1. The zero-order valence-corrected chi connectivity index (χ0v) is 15.2. The van der Waals surface area contributed by atoms with Crippen molar-refractivity contribution in [2.75, 3.05) is 32.7 Å². The lowest BCUT2D eigenvalue weighted by Crippen LogP contribution is -2.51. The summed E-state index contributed by atoms with van der Waals surface area (Å²) in [5.74, 6) is -0.235. The van der Waals surface area contributed by atoms with Crippen molar-refractivity contribution in [2.24, 2.45) is 0 Å². The Balaban J connectivity index is 1.37. The summed E-state index contributed by atoms with van der Waals surface area (Å²) in [4.78, 5) is 16.5. The highest BCUT2D eigenvalue weighted by Crippen LogP contribution is 2.10. The Hall–Kier alpha value is -2.40. The van der Waals surface area contributed by atoms with E-state index >= 15 is 0 Å². The number of nitrogens with zero attached hydrogens (tertiary/aromatic N) is 2. The molecule has 0 unspecified atom stereocenters. The van der Waals surface area contributed by atoms with E-state index in [-0.39, 0.29) is 11.8 Å². The summed E-state index contributed by atoms with van der Waals surface area (Å²) in [7, 11) is 0. The lowest BCUT2D eigenvalue weighted by Gasteiger charge is -2.34. The van der Waals surface area contributed by atoms with Crippen LogP contribution in [-0.4, -0.2) is 48.6 Å². The van der Waals surface area contributed by atoms with Gasteiger partial charge >= 0.3 is 6.03 Å². The molecule has 2 amide bonds. The van der Waals surface area contributed by atoms with Crippen molar-refractivity contribution in [2.45, 2.75) is 19.9 Å². The minimum atomic E-state index is -0.235. The Bertz CT molecular complexity index is 707. The Labute approximate surface area is 154 Å². The average molecular weight is 355 g/mol. The van der Waals surface area contributed by atoms with Crippen LogP contribution in [0.15, 0.2) is 48.5 Å². The van der Waals surface area contributed by atoms with Crippen molar-refractivity contribution in [1.82, 2.24) is 15.1 Å². The summed E-state index contributed by atoms with van der Waals surface area (Å²) in [6.07, 6.45) is 0.708. The summed E-state index contributed by atoms with van der Waals surface area (Å²) in [5.41, 5.74) is 3.61. The maximum atomic E-state index is 12.9. The summed E-state index contributed by atoms with van der Waals surface area (Å²) in [6.45, 7) is 6.85. The van der Waals surface area contributed by atoms with Gasteiger partial charge in [0, 0.05) is 39.3 Å². The van der Waals surface area contributed by atoms with E-state index in [1.165, 1.54) is 23.3 Å². The van der Waals surface area contributed by atoms with Crippen LogP contribution >= 0.6 is 0 Å². The first-order valence-corrected chi connectivity index (χ1v) is 9.15. The lowest BCUT2D eigenvalue weighted by atomic mass is 10.1. The normalized spacial score (nSPS) is 15.1. The molecule has 26 heavy (non-hydrogen) atoms. The smallest absolute Gasteiger partial charge is 0.317 e.